The van der Waals surface area contributed by atoms with Gasteiger partial charge in [0.05, 0.1) is 0 Å². The molecule has 0 aliphatic rings. The van der Waals surface area contributed by atoms with E-state index in [2.05, 4.69) is 4.98 Å². The van der Waals surface area contributed by atoms with Gasteiger partial charge in [-0.1, -0.05) is 6.07 Å². The Kier molecular flexibility index (Phi) is 2.64. The number of rotatable bonds is 2. The van der Waals surface area contributed by atoms with Crippen molar-refractivity contribution in [3.8, 4) is 0 Å². The fourth-order valence-electron chi connectivity index (χ4n) is 1.83. The standard InChI is InChI=1S/C12H13FN2/c1-8-10(13)3-2-9-5-7-15-11(4-6-14)12(8)9/h2-3,5,7H,4,6,14H2,1H3. The first-order valence-electron chi connectivity index (χ1n) is 4.97. The van der Waals surface area contributed by atoms with E-state index in [1.807, 2.05) is 6.07 Å². The summed E-state index contributed by atoms with van der Waals surface area (Å²) in [6.45, 7) is 2.31. The topological polar surface area (TPSA) is 38.9 Å². The molecule has 2 rings (SSSR count). The molecule has 0 aliphatic carbocycles. The summed E-state index contributed by atoms with van der Waals surface area (Å²) in [6, 6.07) is 5.16. The Hall–Kier alpha value is -1.48. The molecule has 2 aromatic rings. The monoisotopic (exact) mass is 204 g/mol. The number of hydrogen-bond donors (Lipinski definition) is 1. The second-order valence-corrected chi connectivity index (χ2v) is 3.57. The molecule has 3 heteroatoms. The lowest BCUT2D eigenvalue weighted by Crippen LogP contribution is -2.05. The van der Waals surface area contributed by atoms with Crippen LogP contribution in [0.2, 0.25) is 0 Å². The number of hydrogen-bond acceptors (Lipinski definition) is 2. The summed E-state index contributed by atoms with van der Waals surface area (Å²) in [5, 5.41) is 1.93. The molecule has 2 N–H and O–H groups in total. The van der Waals surface area contributed by atoms with Gasteiger partial charge in [-0.25, -0.2) is 4.39 Å². The van der Waals surface area contributed by atoms with E-state index in [4.69, 9.17) is 5.73 Å². The number of halogens is 1. The summed E-state index contributed by atoms with van der Waals surface area (Å²) >= 11 is 0. The molecule has 15 heavy (non-hydrogen) atoms. The molecule has 0 atom stereocenters. The van der Waals surface area contributed by atoms with Crippen molar-refractivity contribution >= 4 is 10.8 Å². The zero-order valence-corrected chi connectivity index (χ0v) is 8.63. The molecule has 0 saturated carbocycles. The molecule has 0 amide bonds. The van der Waals surface area contributed by atoms with E-state index in [0.717, 1.165) is 16.5 Å². The van der Waals surface area contributed by atoms with Crippen LogP contribution in [0.5, 0.6) is 0 Å². The lowest BCUT2D eigenvalue weighted by molar-refractivity contribution is 0.620. The highest BCUT2D eigenvalue weighted by Crippen LogP contribution is 2.23. The van der Waals surface area contributed by atoms with Crippen LogP contribution in [0.3, 0.4) is 0 Å². The quantitative estimate of drug-likeness (QED) is 0.814. The number of aromatic nitrogens is 1. The molecule has 1 heterocycles. The Labute approximate surface area is 87.9 Å². The fourth-order valence-corrected chi connectivity index (χ4v) is 1.83. The van der Waals surface area contributed by atoms with Crippen LogP contribution in [-0.4, -0.2) is 11.5 Å². The lowest BCUT2D eigenvalue weighted by atomic mass is 10.0. The van der Waals surface area contributed by atoms with E-state index in [0.29, 0.717) is 18.5 Å². The Balaban J connectivity index is 2.76. The minimum Gasteiger partial charge on any atom is -0.330 e. The molecule has 0 spiro atoms. The Morgan fingerprint density at radius 3 is 2.87 bits per heavy atom. The van der Waals surface area contributed by atoms with Gasteiger partial charge in [0.15, 0.2) is 0 Å². The summed E-state index contributed by atoms with van der Waals surface area (Å²) in [5.41, 5.74) is 7.04. The molecule has 0 saturated heterocycles. The van der Waals surface area contributed by atoms with E-state index in [1.54, 1.807) is 19.2 Å². The van der Waals surface area contributed by atoms with Crippen molar-refractivity contribution in [3.05, 3.63) is 41.5 Å². The molecule has 2 nitrogen and oxygen atoms in total. The molecule has 78 valence electrons. The Bertz CT molecular complexity index is 494. The zero-order valence-electron chi connectivity index (χ0n) is 8.63. The average molecular weight is 204 g/mol. The summed E-state index contributed by atoms with van der Waals surface area (Å²) in [6.07, 6.45) is 2.42. The normalized spacial score (nSPS) is 10.9. The van der Waals surface area contributed by atoms with Gasteiger partial charge < -0.3 is 5.73 Å². The van der Waals surface area contributed by atoms with Gasteiger partial charge in [0.25, 0.3) is 0 Å². The van der Waals surface area contributed by atoms with E-state index in [1.165, 1.54) is 6.07 Å². The van der Waals surface area contributed by atoms with Crippen molar-refractivity contribution < 1.29 is 4.39 Å². The maximum absolute atomic E-state index is 13.4. The van der Waals surface area contributed by atoms with Crippen LogP contribution in [0.25, 0.3) is 10.8 Å². The number of aryl methyl sites for hydroxylation is 1. The van der Waals surface area contributed by atoms with Crippen LogP contribution in [-0.2, 0) is 6.42 Å². The SMILES string of the molecule is Cc1c(F)ccc2ccnc(CCN)c12. The minimum absolute atomic E-state index is 0.186. The average Bonchev–Trinajstić information content (AvgIpc) is 2.24. The van der Waals surface area contributed by atoms with Crippen molar-refractivity contribution in [1.29, 1.82) is 0 Å². The third kappa shape index (κ3) is 1.70. The van der Waals surface area contributed by atoms with Gasteiger partial charge in [-0.3, -0.25) is 4.98 Å². The van der Waals surface area contributed by atoms with Gasteiger partial charge in [-0.2, -0.15) is 0 Å². The molecule has 0 fully saturated rings. The molecule has 0 unspecified atom stereocenters. The number of nitrogens with two attached hydrogens (primary N) is 1. The largest absolute Gasteiger partial charge is 0.330 e. The van der Waals surface area contributed by atoms with Gasteiger partial charge in [-0.05, 0) is 36.6 Å². The minimum atomic E-state index is -0.186. The van der Waals surface area contributed by atoms with Gasteiger partial charge in [0.1, 0.15) is 5.82 Å². The van der Waals surface area contributed by atoms with Gasteiger partial charge in [-0.15, -0.1) is 0 Å². The first-order valence-corrected chi connectivity index (χ1v) is 4.97. The smallest absolute Gasteiger partial charge is 0.126 e. The van der Waals surface area contributed by atoms with Crippen LogP contribution >= 0.6 is 0 Å². The maximum Gasteiger partial charge on any atom is 0.126 e. The van der Waals surface area contributed by atoms with E-state index >= 15 is 0 Å². The molecular weight excluding hydrogens is 191 g/mol. The van der Waals surface area contributed by atoms with Crippen LogP contribution < -0.4 is 5.73 Å². The predicted octanol–water partition coefficient (Wildman–Crippen LogP) is 2.18. The summed E-state index contributed by atoms with van der Waals surface area (Å²) in [5.74, 6) is -0.186. The van der Waals surface area contributed by atoms with Crippen molar-refractivity contribution in [2.24, 2.45) is 5.73 Å². The third-order valence-electron chi connectivity index (χ3n) is 2.59. The van der Waals surface area contributed by atoms with Crippen LogP contribution in [0.1, 0.15) is 11.3 Å². The predicted molar refractivity (Wildman–Crippen MR) is 59.2 cm³/mol. The second kappa shape index (κ2) is 3.95. The van der Waals surface area contributed by atoms with Crippen LogP contribution in [0.15, 0.2) is 24.4 Å². The highest BCUT2D eigenvalue weighted by Gasteiger charge is 2.07. The van der Waals surface area contributed by atoms with Crippen LogP contribution in [0.4, 0.5) is 4.39 Å². The van der Waals surface area contributed by atoms with E-state index < -0.39 is 0 Å². The molecule has 0 bridgehead atoms. The maximum atomic E-state index is 13.4. The van der Waals surface area contributed by atoms with Gasteiger partial charge in [0, 0.05) is 23.7 Å². The van der Waals surface area contributed by atoms with Crippen molar-refractivity contribution in [2.75, 3.05) is 6.54 Å². The van der Waals surface area contributed by atoms with E-state index in [-0.39, 0.29) is 5.82 Å². The van der Waals surface area contributed by atoms with Crippen LogP contribution in [0, 0.1) is 12.7 Å². The highest BCUT2D eigenvalue weighted by atomic mass is 19.1. The Morgan fingerprint density at radius 1 is 1.33 bits per heavy atom. The highest BCUT2D eigenvalue weighted by molar-refractivity contribution is 5.87. The third-order valence-corrected chi connectivity index (χ3v) is 2.59. The molecular formula is C12H13FN2. The zero-order chi connectivity index (χ0) is 10.8. The summed E-state index contributed by atoms with van der Waals surface area (Å²) in [7, 11) is 0. The van der Waals surface area contributed by atoms with Crippen molar-refractivity contribution in [3.63, 3.8) is 0 Å². The number of fused-ring (bicyclic) bond motifs is 1. The van der Waals surface area contributed by atoms with Crippen molar-refractivity contribution in [2.45, 2.75) is 13.3 Å². The molecule has 1 aromatic carbocycles. The first kappa shape index (κ1) is 10.1. The van der Waals surface area contributed by atoms with Gasteiger partial charge in [0.2, 0.25) is 0 Å². The van der Waals surface area contributed by atoms with E-state index in [9.17, 15) is 4.39 Å². The first-order chi connectivity index (χ1) is 7.24. The van der Waals surface area contributed by atoms with Gasteiger partial charge >= 0.3 is 0 Å². The lowest BCUT2D eigenvalue weighted by Gasteiger charge is -2.07. The van der Waals surface area contributed by atoms with Crippen molar-refractivity contribution in [1.82, 2.24) is 4.98 Å². The number of nitrogens with zero attached hydrogens (tertiary/aromatic N) is 1. The molecule has 0 aliphatic heterocycles. The number of pyridine rings is 1. The molecule has 0 radical (unpaired) electrons. The fraction of sp³-hybridized carbons (Fsp3) is 0.250. The summed E-state index contributed by atoms with van der Waals surface area (Å²) in [4.78, 5) is 4.25. The number of benzene rings is 1. The summed E-state index contributed by atoms with van der Waals surface area (Å²) < 4.78 is 13.4. The Morgan fingerprint density at radius 2 is 2.13 bits per heavy atom. The second-order valence-electron chi connectivity index (χ2n) is 3.57. The molecule has 1 aromatic heterocycles.